The number of rotatable bonds is 4. The van der Waals surface area contributed by atoms with Crippen LogP contribution in [0.5, 0.6) is 0 Å². The number of hydrogen-bond acceptors (Lipinski definition) is 2. The van der Waals surface area contributed by atoms with E-state index >= 15 is 0 Å². The van der Waals surface area contributed by atoms with Crippen LogP contribution in [0.4, 0.5) is 10.1 Å². The Kier molecular flexibility index (Phi) is 4.87. The number of carbonyl (C=O) groups is 2. The lowest BCUT2D eigenvalue weighted by atomic mass is 9.80. The molecule has 0 fully saturated rings. The summed E-state index contributed by atoms with van der Waals surface area (Å²) < 4.78 is 13.2. The molecule has 0 aromatic heterocycles. The maximum absolute atomic E-state index is 13.2. The van der Waals surface area contributed by atoms with E-state index in [1.54, 1.807) is 0 Å². The Hall–Kier alpha value is -1.91. The van der Waals surface area contributed by atoms with Gasteiger partial charge in [-0.15, -0.1) is 0 Å². The number of amides is 1. The van der Waals surface area contributed by atoms with E-state index in [-0.39, 0.29) is 22.9 Å². The van der Waals surface area contributed by atoms with Crippen LogP contribution in [0, 0.1) is 17.2 Å². The molecule has 1 unspecified atom stereocenters. The molecule has 5 heteroatoms. The van der Waals surface area contributed by atoms with Crippen molar-refractivity contribution >= 4 is 17.6 Å². The maximum Gasteiger partial charge on any atom is 0.338 e. The predicted octanol–water partition coefficient (Wildman–Crippen LogP) is 3.53. The number of carbonyl (C=O) groups excluding carboxylic acids is 1. The summed E-state index contributed by atoms with van der Waals surface area (Å²) in [5.41, 5.74) is -0.159. The van der Waals surface area contributed by atoms with E-state index < -0.39 is 17.3 Å². The number of carboxylic acid groups (broad SMARTS) is 1. The van der Waals surface area contributed by atoms with Crippen LogP contribution in [-0.4, -0.2) is 17.0 Å². The Morgan fingerprint density at radius 2 is 1.95 bits per heavy atom. The fraction of sp³-hybridized carbons (Fsp3) is 0.467. The van der Waals surface area contributed by atoms with Crippen LogP contribution in [0.3, 0.4) is 0 Å². The van der Waals surface area contributed by atoms with Crippen molar-refractivity contribution in [2.75, 3.05) is 5.32 Å². The van der Waals surface area contributed by atoms with Gasteiger partial charge in [-0.3, -0.25) is 4.79 Å². The summed E-state index contributed by atoms with van der Waals surface area (Å²) in [6.07, 6.45) is 0.323. The van der Waals surface area contributed by atoms with Crippen LogP contribution in [0.1, 0.15) is 44.5 Å². The topological polar surface area (TPSA) is 66.4 Å². The number of hydrogen-bond donors (Lipinski definition) is 2. The number of halogens is 1. The van der Waals surface area contributed by atoms with Gasteiger partial charge in [0.05, 0.1) is 5.56 Å². The van der Waals surface area contributed by atoms with Crippen molar-refractivity contribution in [2.45, 2.75) is 34.1 Å². The molecule has 0 aliphatic heterocycles. The van der Waals surface area contributed by atoms with E-state index in [1.165, 1.54) is 6.07 Å². The average molecular weight is 281 g/mol. The largest absolute Gasteiger partial charge is 0.478 e. The van der Waals surface area contributed by atoms with Gasteiger partial charge in [0.1, 0.15) is 5.82 Å². The van der Waals surface area contributed by atoms with Gasteiger partial charge in [0, 0.05) is 12.1 Å². The zero-order chi connectivity index (χ0) is 15.5. The molecule has 1 amide bonds. The van der Waals surface area contributed by atoms with E-state index in [9.17, 15) is 14.0 Å². The standard InChI is InChI=1S/C15H20FNO3/c1-9(15(2,3)4)7-13(18)17-10-5-6-12(16)11(8-10)14(19)20/h5-6,8-9H,7H2,1-4H3,(H,17,18)(H,19,20). The van der Waals surface area contributed by atoms with Gasteiger partial charge in [0.2, 0.25) is 5.91 Å². The van der Waals surface area contributed by atoms with Crippen LogP contribution in [0.2, 0.25) is 0 Å². The zero-order valence-electron chi connectivity index (χ0n) is 12.2. The van der Waals surface area contributed by atoms with Crippen molar-refractivity contribution in [3.63, 3.8) is 0 Å². The molecule has 4 nitrogen and oxygen atoms in total. The van der Waals surface area contributed by atoms with E-state index in [1.807, 2.05) is 27.7 Å². The first-order valence-electron chi connectivity index (χ1n) is 6.44. The molecule has 0 radical (unpaired) electrons. The third-order valence-electron chi connectivity index (χ3n) is 3.45. The minimum atomic E-state index is -1.36. The average Bonchev–Trinajstić information content (AvgIpc) is 2.29. The second-order valence-electron chi connectivity index (χ2n) is 6.02. The number of nitrogens with one attached hydrogen (secondary N) is 1. The highest BCUT2D eigenvalue weighted by Crippen LogP contribution is 2.28. The minimum Gasteiger partial charge on any atom is -0.478 e. The summed E-state index contributed by atoms with van der Waals surface area (Å²) in [5, 5.41) is 11.4. The summed E-state index contributed by atoms with van der Waals surface area (Å²) in [5.74, 6) is -2.22. The molecule has 0 heterocycles. The third kappa shape index (κ3) is 4.33. The highest BCUT2D eigenvalue weighted by Gasteiger charge is 2.22. The smallest absolute Gasteiger partial charge is 0.338 e. The van der Waals surface area contributed by atoms with E-state index in [2.05, 4.69) is 5.32 Å². The Labute approximate surface area is 118 Å². The molecule has 1 aromatic carbocycles. The molecule has 1 aromatic rings. The minimum absolute atomic E-state index is 0.00631. The lowest BCUT2D eigenvalue weighted by Crippen LogP contribution is -2.24. The number of anilines is 1. The van der Waals surface area contributed by atoms with Crippen LogP contribution >= 0.6 is 0 Å². The highest BCUT2D eigenvalue weighted by molar-refractivity contribution is 5.94. The molecule has 20 heavy (non-hydrogen) atoms. The molecule has 0 saturated carbocycles. The summed E-state index contributed by atoms with van der Waals surface area (Å²) in [6.45, 7) is 8.12. The summed E-state index contributed by atoms with van der Waals surface area (Å²) in [7, 11) is 0. The SMILES string of the molecule is CC(CC(=O)Nc1ccc(F)c(C(=O)O)c1)C(C)(C)C. The van der Waals surface area contributed by atoms with Crippen molar-refractivity contribution in [3.8, 4) is 0 Å². The van der Waals surface area contributed by atoms with Crippen LogP contribution in [-0.2, 0) is 4.79 Å². The normalized spacial score (nSPS) is 12.8. The molecule has 110 valence electrons. The summed E-state index contributed by atoms with van der Waals surface area (Å²) in [4.78, 5) is 22.7. The van der Waals surface area contributed by atoms with Crippen LogP contribution in [0.25, 0.3) is 0 Å². The van der Waals surface area contributed by atoms with E-state index in [4.69, 9.17) is 5.11 Å². The van der Waals surface area contributed by atoms with Gasteiger partial charge in [-0.2, -0.15) is 0 Å². The van der Waals surface area contributed by atoms with Crippen molar-refractivity contribution < 1.29 is 19.1 Å². The van der Waals surface area contributed by atoms with Gasteiger partial charge in [-0.05, 0) is 29.5 Å². The molecule has 1 rings (SSSR count). The van der Waals surface area contributed by atoms with Crippen molar-refractivity contribution in [1.29, 1.82) is 0 Å². The van der Waals surface area contributed by atoms with Gasteiger partial charge in [0.15, 0.2) is 0 Å². The van der Waals surface area contributed by atoms with Crippen molar-refractivity contribution in [3.05, 3.63) is 29.6 Å². The molecular weight excluding hydrogens is 261 g/mol. The quantitative estimate of drug-likeness (QED) is 0.887. The fourth-order valence-corrected chi connectivity index (χ4v) is 1.56. The Balaban J connectivity index is 2.77. The second kappa shape index (κ2) is 6.03. The molecule has 0 spiro atoms. The lowest BCUT2D eigenvalue weighted by Gasteiger charge is -2.26. The molecule has 2 N–H and O–H groups in total. The first-order valence-corrected chi connectivity index (χ1v) is 6.44. The molecule has 0 aliphatic carbocycles. The predicted molar refractivity (Wildman–Crippen MR) is 75.2 cm³/mol. The monoisotopic (exact) mass is 281 g/mol. The van der Waals surface area contributed by atoms with Gasteiger partial charge in [-0.1, -0.05) is 27.7 Å². The third-order valence-corrected chi connectivity index (χ3v) is 3.45. The molecule has 0 bridgehead atoms. The van der Waals surface area contributed by atoms with Crippen molar-refractivity contribution in [2.24, 2.45) is 11.3 Å². The van der Waals surface area contributed by atoms with Crippen LogP contribution in [0.15, 0.2) is 18.2 Å². The van der Waals surface area contributed by atoms with Crippen LogP contribution < -0.4 is 5.32 Å². The second-order valence-corrected chi connectivity index (χ2v) is 6.02. The Morgan fingerprint density at radius 1 is 1.35 bits per heavy atom. The first-order chi connectivity index (χ1) is 9.11. The summed E-state index contributed by atoms with van der Waals surface area (Å²) in [6, 6.07) is 3.50. The van der Waals surface area contributed by atoms with Gasteiger partial charge >= 0.3 is 5.97 Å². The fourth-order valence-electron chi connectivity index (χ4n) is 1.56. The zero-order valence-corrected chi connectivity index (χ0v) is 12.2. The maximum atomic E-state index is 13.2. The number of benzene rings is 1. The Morgan fingerprint density at radius 3 is 2.45 bits per heavy atom. The highest BCUT2D eigenvalue weighted by atomic mass is 19.1. The summed E-state index contributed by atoms with van der Waals surface area (Å²) >= 11 is 0. The molecular formula is C15H20FNO3. The molecule has 1 atom stereocenters. The first kappa shape index (κ1) is 16.1. The lowest BCUT2D eigenvalue weighted by molar-refractivity contribution is -0.117. The van der Waals surface area contributed by atoms with Crippen molar-refractivity contribution in [1.82, 2.24) is 0 Å². The van der Waals surface area contributed by atoms with Gasteiger partial charge in [0.25, 0.3) is 0 Å². The Bertz CT molecular complexity index is 520. The van der Waals surface area contributed by atoms with Gasteiger partial charge < -0.3 is 10.4 Å². The number of aromatic carboxylic acids is 1. The van der Waals surface area contributed by atoms with Gasteiger partial charge in [-0.25, -0.2) is 9.18 Å². The number of carboxylic acids is 1. The molecule has 0 aliphatic rings. The molecule has 0 saturated heterocycles. The van der Waals surface area contributed by atoms with E-state index in [0.29, 0.717) is 6.42 Å². The van der Waals surface area contributed by atoms with E-state index in [0.717, 1.165) is 12.1 Å².